The lowest BCUT2D eigenvalue weighted by Gasteiger charge is -2.03. The average Bonchev–Trinajstić information content (AvgIpc) is 2.08. The standard InChI is InChI=1S/C8H8BrCl2N/c9-8-2-1-6(3-4-10)7(5-11)12-8/h1-2H,3-5H2. The molecule has 0 radical (unpaired) electrons. The first-order valence-corrected chi connectivity index (χ1v) is 5.40. The van der Waals surface area contributed by atoms with Gasteiger partial charge < -0.3 is 0 Å². The van der Waals surface area contributed by atoms with Crippen LogP contribution in [0.2, 0.25) is 0 Å². The number of alkyl halides is 2. The third kappa shape index (κ3) is 2.61. The van der Waals surface area contributed by atoms with Gasteiger partial charge in [0.25, 0.3) is 0 Å². The summed E-state index contributed by atoms with van der Waals surface area (Å²) >= 11 is 14.6. The van der Waals surface area contributed by atoms with Crippen molar-refractivity contribution in [2.45, 2.75) is 12.3 Å². The fraction of sp³-hybridized carbons (Fsp3) is 0.375. The van der Waals surface area contributed by atoms with Gasteiger partial charge in [-0.15, -0.1) is 23.2 Å². The quantitative estimate of drug-likeness (QED) is 0.605. The first-order valence-electron chi connectivity index (χ1n) is 3.54. The summed E-state index contributed by atoms with van der Waals surface area (Å²) in [6.45, 7) is 0. The molecule has 12 heavy (non-hydrogen) atoms. The second kappa shape index (κ2) is 5.05. The van der Waals surface area contributed by atoms with E-state index in [9.17, 15) is 0 Å². The van der Waals surface area contributed by atoms with Gasteiger partial charge in [0.2, 0.25) is 0 Å². The summed E-state index contributed by atoms with van der Waals surface area (Å²) in [4.78, 5) is 4.24. The molecule has 1 aromatic heterocycles. The molecule has 1 nitrogen and oxygen atoms in total. The molecule has 0 saturated heterocycles. The van der Waals surface area contributed by atoms with Gasteiger partial charge in [-0.3, -0.25) is 0 Å². The zero-order valence-corrected chi connectivity index (χ0v) is 9.45. The molecule has 0 aliphatic rings. The number of aryl methyl sites for hydroxylation is 1. The molecule has 0 bridgehead atoms. The second-order valence-electron chi connectivity index (χ2n) is 2.31. The molecule has 0 atom stereocenters. The van der Waals surface area contributed by atoms with Gasteiger partial charge in [-0.25, -0.2) is 4.98 Å². The van der Waals surface area contributed by atoms with Gasteiger partial charge in [-0.05, 0) is 34.0 Å². The Morgan fingerprint density at radius 2 is 2.08 bits per heavy atom. The highest BCUT2D eigenvalue weighted by atomic mass is 79.9. The van der Waals surface area contributed by atoms with Crippen LogP contribution in [0.25, 0.3) is 0 Å². The zero-order valence-electron chi connectivity index (χ0n) is 6.36. The number of hydrogen-bond acceptors (Lipinski definition) is 1. The summed E-state index contributed by atoms with van der Waals surface area (Å²) in [5, 5.41) is 0. The van der Waals surface area contributed by atoms with Crippen LogP contribution in [0.4, 0.5) is 0 Å². The molecule has 66 valence electrons. The van der Waals surface area contributed by atoms with Crippen LogP contribution >= 0.6 is 39.1 Å². The summed E-state index contributed by atoms with van der Waals surface area (Å²) in [7, 11) is 0. The summed E-state index contributed by atoms with van der Waals surface area (Å²) in [6.07, 6.45) is 0.823. The normalized spacial score (nSPS) is 10.2. The van der Waals surface area contributed by atoms with Gasteiger partial charge in [0.1, 0.15) is 4.60 Å². The third-order valence-corrected chi connectivity index (χ3v) is 2.41. The lowest BCUT2D eigenvalue weighted by molar-refractivity contribution is 1.03. The predicted octanol–water partition coefficient (Wildman–Crippen LogP) is 3.36. The molecule has 0 aliphatic carbocycles. The van der Waals surface area contributed by atoms with Crippen molar-refractivity contribution in [3.8, 4) is 0 Å². The van der Waals surface area contributed by atoms with Gasteiger partial charge in [0.05, 0.1) is 11.6 Å². The second-order valence-corrected chi connectivity index (χ2v) is 3.77. The van der Waals surface area contributed by atoms with Crippen LogP contribution in [0.1, 0.15) is 11.3 Å². The summed E-state index contributed by atoms with van der Waals surface area (Å²) in [6, 6.07) is 3.90. The summed E-state index contributed by atoms with van der Waals surface area (Å²) in [5.74, 6) is 1.04. The van der Waals surface area contributed by atoms with Crippen molar-refractivity contribution in [2.75, 3.05) is 5.88 Å². The van der Waals surface area contributed by atoms with Crippen LogP contribution in [-0.4, -0.2) is 10.9 Å². The highest BCUT2D eigenvalue weighted by Gasteiger charge is 2.02. The largest absolute Gasteiger partial charge is 0.244 e. The zero-order chi connectivity index (χ0) is 8.97. The molecule has 0 aromatic carbocycles. The predicted molar refractivity (Wildman–Crippen MR) is 55.9 cm³/mol. The highest BCUT2D eigenvalue weighted by Crippen LogP contribution is 2.14. The van der Waals surface area contributed by atoms with E-state index in [0.717, 1.165) is 22.3 Å². The fourth-order valence-electron chi connectivity index (χ4n) is 0.949. The Kier molecular flexibility index (Phi) is 4.33. The Bertz CT molecular complexity index is 265. The van der Waals surface area contributed by atoms with Gasteiger partial charge in [0, 0.05) is 5.88 Å². The SMILES string of the molecule is ClCCc1ccc(Br)nc1CCl. The van der Waals surface area contributed by atoms with Crippen LogP contribution in [0, 0.1) is 0 Å². The lowest BCUT2D eigenvalue weighted by atomic mass is 10.1. The lowest BCUT2D eigenvalue weighted by Crippen LogP contribution is -1.96. The van der Waals surface area contributed by atoms with Gasteiger partial charge in [-0.2, -0.15) is 0 Å². The topological polar surface area (TPSA) is 12.9 Å². The van der Waals surface area contributed by atoms with E-state index in [4.69, 9.17) is 23.2 Å². The summed E-state index contributed by atoms with van der Waals surface area (Å²) in [5.41, 5.74) is 2.04. The van der Waals surface area contributed by atoms with Crippen molar-refractivity contribution in [2.24, 2.45) is 0 Å². The highest BCUT2D eigenvalue weighted by molar-refractivity contribution is 9.10. The minimum Gasteiger partial charge on any atom is -0.244 e. The molecule has 0 fully saturated rings. The van der Waals surface area contributed by atoms with Crippen molar-refractivity contribution in [1.29, 1.82) is 0 Å². The Morgan fingerprint density at radius 1 is 1.33 bits per heavy atom. The fourth-order valence-corrected chi connectivity index (χ4v) is 1.73. The number of aromatic nitrogens is 1. The number of rotatable bonds is 3. The van der Waals surface area contributed by atoms with E-state index in [0.29, 0.717) is 11.8 Å². The molecule has 1 aromatic rings. The van der Waals surface area contributed by atoms with Gasteiger partial charge in [-0.1, -0.05) is 6.07 Å². The van der Waals surface area contributed by atoms with Crippen molar-refractivity contribution >= 4 is 39.1 Å². The van der Waals surface area contributed by atoms with Crippen molar-refractivity contribution in [3.63, 3.8) is 0 Å². The molecule has 0 saturated carbocycles. The minimum atomic E-state index is 0.436. The molecule has 0 unspecified atom stereocenters. The van der Waals surface area contributed by atoms with Crippen molar-refractivity contribution in [1.82, 2.24) is 4.98 Å². The van der Waals surface area contributed by atoms with E-state index in [-0.39, 0.29) is 0 Å². The Morgan fingerprint density at radius 3 is 2.67 bits per heavy atom. The molecule has 4 heteroatoms. The van der Waals surface area contributed by atoms with E-state index < -0.39 is 0 Å². The molecule has 1 rings (SSSR count). The van der Waals surface area contributed by atoms with Crippen LogP contribution in [0.5, 0.6) is 0 Å². The molecule has 0 amide bonds. The molecular formula is C8H8BrCl2N. The van der Waals surface area contributed by atoms with E-state index in [1.807, 2.05) is 12.1 Å². The van der Waals surface area contributed by atoms with Crippen molar-refractivity contribution in [3.05, 3.63) is 28.0 Å². The Hall–Kier alpha value is 0.210. The van der Waals surface area contributed by atoms with Crippen LogP contribution < -0.4 is 0 Å². The summed E-state index contributed by atoms with van der Waals surface area (Å²) < 4.78 is 0.816. The molecule has 0 N–H and O–H groups in total. The van der Waals surface area contributed by atoms with E-state index in [1.54, 1.807) is 0 Å². The van der Waals surface area contributed by atoms with Crippen LogP contribution in [0.3, 0.4) is 0 Å². The van der Waals surface area contributed by atoms with Gasteiger partial charge in [0.15, 0.2) is 0 Å². The molecule has 1 heterocycles. The van der Waals surface area contributed by atoms with Crippen LogP contribution in [0.15, 0.2) is 16.7 Å². The van der Waals surface area contributed by atoms with Crippen molar-refractivity contribution < 1.29 is 0 Å². The maximum atomic E-state index is 5.71. The Balaban J connectivity index is 2.94. The number of nitrogens with zero attached hydrogens (tertiary/aromatic N) is 1. The molecule has 0 aliphatic heterocycles. The maximum Gasteiger partial charge on any atom is 0.106 e. The number of hydrogen-bond donors (Lipinski definition) is 0. The molecule has 0 spiro atoms. The van der Waals surface area contributed by atoms with E-state index in [2.05, 4.69) is 20.9 Å². The number of pyridine rings is 1. The maximum absolute atomic E-state index is 5.71. The van der Waals surface area contributed by atoms with E-state index in [1.165, 1.54) is 0 Å². The first kappa shape index (κ1) is 10.3. The van der Waals surface area contributed by atoms with E-state index >= 15 is 0 Å². The smallest absolute Gasteiger partial charge is 0.106 e. The van der Waals surface area contributed by atoms with Gasteiger partial charge >= 0.3 is 0 Å². The van der Waals surface area contributed by atoms with Crippen LogP contribution in [-0.2, 0) is 12.3 Å². The minimum absolute atomic E-state index is 0.436. The molecular weight excluding hydrogens is 261 g/mol. The Labute approximate surface area is 90.2 Å². The monoisotopic (exact) mass is 267 g/mol. The average molecular weight is 269 g/mol. The third-order valence-electron chi connectivity index (χ3n) is 1.52. The number of halogens is 3. The first-order chi connectivity index (χ1) is 5.77.